The van der Waals surface area contributed by atoms with Crippen molar-refractivity contribution in [1.29, 1.82) is 0 Å². The summed E-state index contributed by atoms with van der Waals surface area (Å²) in [6.45, 7) is 0. The van der Waals surface area contributed by atoms with Gasteiger partial charge in [-0.3, -0.25) is 9.78 Å². The van der Waals surface area contributed by atoms with Crippen molar-refractivity contribution in [2.24, 2.45) is 0 Å². The summed E-state index contributed by atoms with van der Waals surface area (Å²) >= 11 is 8.56. The van der Waals surface area contributed by atoms with E-state index in [4.69, 9.17) is 11.6 Å². The van der Waals surface area contributed by atoms with E-state index >= 15 is 0 Å². The van der Waals surface area contributed by atoms with Crippen molar-refractivity contribution in [3.05, 3.63) is 28.5 Å². The van der Waals surface area contributed by atoms with Gasteiger partial charge in [0, 0.05) is 22.4 Å². The van der Waals surface area contributed by atoms with E-state index in [1.54, 1.807) is 18.5 Å². The first-order chi connectivity index (χ1) is 5.25. The SMILES string of the molecule is O=C(CCl)c1ccncc1Br. The van der Waals surface area contributed by atoms with Crippen LogP contribution in [0.3, 0.4) is 0 Å². The number of Topliss-reactive ketones (excluding diaryl/α,β-unsaturated/α-hetero) is 1. The summed E-state index contributed by atoms with van der Waals surface area (Å²) in [5.74, 6) is -0.0938. The molecule has 0 aliphatic heterocycles. The molecule has 0 bridgehead atoms. The van der Waals surface area contributed by atoms with Crippen LogP contribution in [0.1, 0.15) is 10.4 Å². The van der Waals surface area contributed by atoms with Gasteiger partial charge in [-0.2, -0.15) is 0 Å². The van der Waals surface area contributed by atoms with Crippen LogP contribution in [0, 0.1) is 0 Å². The molecule has 0 saturated heterocycles. The number of ketones is 1. The van der Waals surface area contributed by atoms with Gasteiger partial charge in [0.05, 0.1) is 5.88 Å². The molecule has 2 nitrogen and oxygen atoms in total. The van der Waals surface area contributed by atoms with Crippen molar-refractivity contribution in [1.82, 2.24) is 4.98 Å². The third-order valence-corrected chi connectivity index (χ3v) is 2.07. The number of halogens is 2. The molecule has 1 aromatic heterocycles. The highest BCUT2D eigenvalue weighted by Crippen LogP contribution is 2.14. The van der Waals surface area contributed by atoms with E-state index in [1.165, 1.54) is 0 Å². The molecule has 1 heterocycles. The second kappa shape index (κ2) is 3.83. The summed E-state index contributed by atoms with van der Waals surface area (Å²) < 4.78 is 0.686. The number of pyridine rings is 1. The van der Waals surface area contributed by atoms with Crippen molar-refractivity contribution in [2.75, 3.05) is 5.88 Å². The van der Waals surface area contributed by atoms with E-state index in [0.29, 0.717) is 10.0 Å². The zero-order valence-electron chi connectivity index (χ0n) is 5.55. The average molecular weight is 234 g/mol. The molecule has 1 aromatic rings. The maximum atomic E-state index is 11.0. The molecule has 0 amide bonds. The predicted molar refractivity (Wildman–Crippen MR) is 47.0 cm³/mol. The zero-order chi connectivity index (χ0) is 8.27. The van der Waals surface area contributed by atoms with Crippen LogP contribution in [-0.4, -0.2) is 16.6 Å². The fourth-order valence-corrected chi connectivity index (χ4v) is 1.29. The number of rotatable bonds is 2. The number of nitrogens with zero attached hydrogens (tertiary/aromatic N) is 1. The molecule has 0 unspecified atom stereocenters. The van der Waals surface area contributed by atoms with Crippen LogP contribution in [0.15, 0.2) is 22.9 Å². The van der Waals surface area contributed by atoms with E-state index in [9.17, 15) is 4.79 Å². The lowest BCUT2D eigenvalue weighted by Crippen LogP contribution is -2.01. The van der Waals surface area contributed by atoms with Gasteiger partial charge in [-0.15, -0.1) is 11.6 Å². The summed E-state index contributed by atoms with van der Waals surface area (Å²) in [6, 6.07) is 1.63. The summed E-state index contributed by atoms with van der Waals surface area (Å²) in [4.78, 5) is 14.9. The molecule has 0 aliphatic carbocycles. The van der Waals surface area contributed by atoms with Crippen molar-refractivity contribution in [3.63, 3.8) is 0 Å². The minimum atomic E-state index is -0.0964. The first kappa shape index (κ1) is 8.68. The molecule has 0 N–H and O–H groups in total. The van der Waals surface area contributed by atoms with Gasteiger partial charge in [-0.1, -0.05) is 0 Å². The van der Waals surface area contributed by atoms with E-state index in [2.05, 4.69) is 20.9 Å². The van der Waals surface area contributed by atoms with Gasteiger partial charge < -0.3 is 0 Å². The standard InChI is InChI=1S/C7H5BrClNO/c8-6-4-10-2-1-5(6)7(11)3-9/h1-2,4H,3H2. The Morgan fingerprint density at radius 2 is 2.45 bits per heavy atom. The van der Waals surface area contributed by atoms with Gasteiger partial charge in [0.25, 0.3) is 0 Å². The normalized spacial score (nSPS) is 9.64. The highest BCUT2D eigenvalue weighted by Gasteiger charge is 2.06. The highest BCUT2D eigenvalue weighted by atomic mass is 79.9. The Labute approximate surface area is 77.7 Å². The first-order valence-electron chi connectivity index (χ1n) is 2.94. The van der Waals surface area contributed by atoms with Crippen molar-refractivity contribution in [2.45, 2.75) is 0 Å². The second-order valence-electron chi connectivity index (χ2n) is 1.91. The smallest absolute Gasteiger partial charge is 0.178 e. The molecule has 0 fully saturated rings. The van der Waals surface area contributed by atoms with Crippen molar-refractivity contribution in [3.8, 4) is 0 Å². The molecule has 0 radical (unpaired) electrons. The molecule has 1 rings (SSSR count). The highest BCUT2D eigenvalue weighted by molar-refractivity contribution is 9.10. The van der Waals surface area contributed by atoms with E-state index in [-0.39, 0.29) is 11.7 Å². The lowest BCUT2D eigenvalue weighted by molar-refractivity contribution is 0.102. The first-order valence-corrected chi connectivity index (χ1v) is 4.27. The molecular weight excluding hydrogens is 229 g/mol. The van der Waals surface area contributed by atoms with Gasteiger partial charge in [0.15, 0.2) is 5.78 Å². The molecular formula is C7H5BrClNO. The van der Waals surface area contributed by atoms with Crippen LogP contribution in [0.5, 0.6) is 0 Å². The number of aromatic nitrogens is 1. The Kier molecular flexibility index (Phi) is 3.02. The monoisotopic (exact) mass is 233 g/mol. The summed E-state index contributed by atoms with van der Waals surface area (Å²) in [7, 11) is 0. The Morgan fingerprint density at radius 1 is 1.73 bits per heavy atom. The molecule has 11 heavy (non-hydrogen) atoms. The van der Waals surface area contributed by atoms with Gasteiger partial charge in [0.1, 0.15) is 0 Å². The Hall–Kier alpha value is -0.410. The minimum absolute atomic E-state index is 0.00259. The predicted octanol–water partition coefficient (Wildman–Crippen LogP) is 2.27. The molecule has 0 atom stereocenters. The van der Waals surface area contributed by atoms with Gasteiger partial charge in [-0.05, 0) is 22.0 Å². The molecule has 0 saturated carbocycles. The lowest BCUT2D eigenvalue weighted by Gasteiger charge is -1.97. The summed E-state index contributed by atoms with van der Waals surface area (Å²) in [6.07, 6.45) is 3.13. The van der Waals surface area contributed by atoms with Gasteiger partial charge in [0.2, 0.25) is 0 Å². The van der Waals surface area contributed by atoms with Crippen LogP contribution in [0.4, 0.5) is 0 Å². The van der Waals surface area contributed by atoms with Crippen LogP contribution in [0.2, 0.25) is 0 Å². The topological polar surface area (TPSA) is 30.0 Å². The zero-order valence-corrected chi connectivity index (χ0v) is 7.89. The number of alkyl halides is 1. The fourth-order valence-electron chi connectivity index (χ4n) is 0.673. The Bertz CT molecular complexity index is 277. The number of hydrogen-bond donors (Lipinski definition) is 0. The van der Waals surface area contributed by atoms with E-state index < -0.39 is 0 Å². The number of carbonyl (C=O) groups excluding carboxylic acids is 1. The van der Waals surface area contributed by atoms with Gasteiger partial charge in [-0.25, -0.2) is 0 Å². The summed E-state index contributed by atoms with van der Waals surface area (Å²) in [5, 5.41) is 0. The maximum absolute atomic E-state index is 11.0. The van der Waals surface area contributed by atoms with Crippen LogP contribution < -0.4 is 0 Å². The van der Waals surface area contributed by atoms with Crippen LogP contribution >= 0.6 is 27.5 Å². The third kappa shape index (κ3) is 2.01. The van der Waals surface area contributed by atoms with E-state index in [0.717, 1.165) is 0 Å². The Balaban J connectivity index is 3.03. The quantitative estimate of drug-likeness (QED) is 0.580. The molecule has 0 spiro atoms. The molecule has 0 aliphatic rings. The number of carbonyl (C=O) groups is 1. The molecule has 4 heteroatoms. The number of hydrogen-bond acceptors (Lipinski definition) is 2. The van der Waals surface area contributed by atoms with E-state index in [1.807, 2.05) is 0 Å². The second-order valence-corrected chi connectivity index (χ2v) is 3.03. The Morgan fingerprint density at radius 3 is 3.00 bits per heavy atom. The largest absolute Gasteiger partial charge is 0.293 e. The van der Waals surface area contributed by atoms with Crippen LogP contribution in [0.25, 0.3) is 0 Å². The fraction of sp³-hybridized carbons (Fsp3) is 0.143. The van der Waals surface area contributed by atoms with Gasteiger partial charge >= 0.3 is 0 Å². The van der Waals surface area contributed by atoms with Crippen LogP contribution in [-0.2, 0) is 0 Å². The van der Waals surface area contributed by atoms with Crippen molar-refractivity contribution >= 4 is 33.3 Å². The molecule has 58 valence electrons. The van der Waals surface area contributed by atoms with Crippen molar-refractivity contribution < 1.29 is 4.79 Å². The summed E-state index contributed by atoms with van der Waals surface area (Å²) in [5.41, 5.74) is 0.579. The lowest BCUT2D eigenvalue weighted by atomic mass is 10.2. The maximum Gasteiger partial charge on any atom is 0.178 e. The molecule has 0 aromatic carbocycles. The average Bonchev–Trinajstić information content (AvgIpc) is 2.04. The minimum Gasteiger partial charge on any atom is -0.293 e. The third-order valence-electron chi connectivity index (χ3n) is 1.19.